The number of anilines is 1. The first-order chi connectivity index (χ1) is 19.7. The highest BCUT2D eigenvalue weighted by Crippen LogP contribution is 2.38. The summed E-state index contributed by atoms with van der Waals surface area (Å²) in [5.41, 5.74) is 1.94. The molecule has 4 heterocycles. The predicted octanol–water partition coefficient (Wildman–Crippen LogP) is 3.08. The molecular formula is C28H37N5O6S2. The van der Waals surface area contributed by atoms with Crippen LogP contribution in [0.5, 0.6) is 0 Å². The van der Waals surface area contributed by atoms with E-state index in [-0.39, 0.29) is 43.6 Å². The average Bonchev–Trinajstić information content (AvgIpc) is 3.34. The van der Waals surface area contributed by atoms with E-state index < -0.39 is 22.0 Å². The molecule has 0 atom stereocenters. The Bertz CT molecular complexity index is 1390. The summed E-state index contributed by atoms with van der Waals surface area (Å²) in [5, 5.41) is 3.53. The van der Waals surface area contributed by atoms with Crippen molar-refractivity contribution in [3.05, 3.63) is 45.8 Å². The maximum absolute atomic E-state index is 13.6. The highest BCUT2D eigenvalue weighted by Gasteiger charge is 2.32. The number of hydrogen-bond donors (Lipinski definition) is 1. The number of nitrogens with one attached hydrogen (secondary N) is 1. The van der Waals surface area contributed by atoms with Crippen molar-refractivity contribution in [1.29, 1.82) is 0 Å². The van der Waals surface area contributed by atoms with Gasteiger partial charge in [-0.1, -0.05) is 0 Å². The van der Waals surface area contributed by atoms with E-state index in [9.17, 15) is 22.8 Å². The van der Waals surface area contributed by atoms with E-state index in [0.717, 1.165) is 62.3 Å². The molecule has 1 N–H and O–H groups in total. The van der Waals surface area contributed by atoms with Gasteiger partial charge in [-0.15, -0.1) is 11.3 Å². The van der Waals surface area contributed by atoms with Gasteiger partial charge in [0.05, 0.1) is 17.1 Å². The molecule has 3 aliphatic rings. The van der Waals surface area contributed by atoms with E-state index in [1.165, 1.54) is 44.8 Å². The second-order valence-electron chi connectivity index (χ2n) is 10.6. The molecule has 0 spiro atoms. The van der Waals surface area contributed by atoms with Gasteiger partial charge in [0.15, 0.2) is 0 Å². The SMILES string of the molecule is CCOC(=O)N1CCN(S(=O)(=O)c2ccc(C(=O)Nc3sc4c(c3C(=O)N3CCCCC3)CCN(C)C4)cc2)CC1. The number of likely N-dealkylation sites (N-methyl/N-ethyl adjacent to an activating group) is 1. The number of piperidine rings is 1. The molecule has 0 unspecified atom stereocenters. The number of fused-ring (bicyclic) bond motifs is 1. The number of likely N-dealkylation sites (tertiary alicyclic amines) is 1. The van der Waals surface area contributed by atoms with Crippen LogP contribution in [0.15, 0.2) is 29.2 Å². The molecule has 2 aromatic rings. The lowest BCUT2D eigenvalue weighted by Crippen LogP contribution is -2.50. The molecule has 1 aromatic heterocycles. The van der Waals surface area contributed by atoms with Crippen molar-refractivity contribution >= 4 is 44.3 Å². The average molecular weight is 604 g/mol. The second-order valence-corrected chi connectivity index (χ2v) is 13.7. The lowest BCUT2D eigenvalue weighted by atomic mass is 10.0. The summed E-state index contributed by atoms with van der Waals surface area (Å²) >= 11 is 1.45. The van der Waals surface area contributed by atoms with Crippen molar-refractivity contribution < 1.29 is 27.5 Å². The maximum Gasteiger partial charge on any atom is 0.409 e. The monoisotopic (exact) mass is 603 g/mol. The summed E-state index contributed by atoms with van der Waals surface area (Å²) in [6.07, 6.45) is 3.40. The zero-order chi connectivity index (χ0) is 29.1. The minimum Gasteiger partial charge on any atom is -0.450 e. The fourth-order valence-corrected chi connectivity index (χ4v) is 8.27. The first-order valence-corrected chi connectivity index (χ1v) is 16.4. The summed E-state index contributed by atoms with van der Waals surface area (Å²) in [7, 11) is -1.75. The summed E-state index contributed by atoms with van der Waals surface area (Å²) in [6, 6.07) is 5.83. The Morgan fingerprint density at radius 2 is 1.61 bits per heavy atom. The van der Waals surface area contributed by atoms with E-state index in [1.807, 2.05) is 11.9 Å². The fourth-order valence-electron chi connectivity index (χ4n) is 5.53. The minimum absolute atomic E-state index is 0.0217. The van der Waals surface area contributed by atoms with Gasteiger partial charge in [-0.25, -0.2) is 13.2 Å². The molecule has 13 heteroatoms. The Labute approximate surface area is 245 Å². The maximum atomic E-state index is 13.6. The first-order valence-electron chi connectivity index (χ1n) is 14.1. The van der Waals surface area contributed by atoms with Crippen molar-refractivity contribution in [2.75, 3.05) is 64.8 Å². The van der Waals surface area contributed by atoms with Crippen LogP contribution >= 0.6 is 11.3 Å². The van der Waals surface area contributed by atoms with Crippen LogP contribution in [-0.2, 0) is 27.7 Å². The molecular weight excluding hydrogens is 566 g/mol. The minimum atomic E-state index is -3.79. The Hall–Kier alpha value is -3.00. The number of nitrogens with zero attached hydrogens (tertiary/aromatic N) is 4. The fraction of sp³-hybridized carbons (Fsp3) is 0.536. The smallest absolute Gasteiger partial charge is 0.409 e. The molecule has 2 fully saturated rings. The van der Waals surface area contributed by atoms with Crippen molar-refractivity contribution in [1.82, 2.24) is 19.0 Å². The number of amides is 3. The molecule has 0 saturated carbocycles. The predicted molar refractivity (Wildman–Crippen MR) is 156 cm³/mol. The van der Waals surface area contributed by atoms with E-state index in [4.69, 9.17) is 4.74 Å². The van der Waals surface area contributed by atoms with E-state index in [2.05, 4.69) is 10.2 Å². The Morgan fingerprint density at radius 1 is 0.927 bits per heavy atom. The molecule has 1 aromatic carbocycles. The number of ether oxygens (including phenoxy) is 1. The molecule has 3 amide bonds. The summed E-state index contributed by atoms with van der Waals surface area (Å²) in [5.74, 6) is -0.414. The van der Waals surface area contributed by atoms with Crippen molar-refractivity contribution in [3.63, 3.8) is 0 Å². The van der Waals surface area contributed by atoms with Gasteiger partial charge in [-0.05, 0) is 69.5 Å². The molecule has 222 valence electrons. The second kappa shape index (κ2) is 12.5. The van der Waals surface area contributed by atoms with Gasteiger partial charge in [0.25, 0.3) is 11.8 Å². The van der Waals surface area contributed by atoms with Gasteiger partial charge in [0.1, 0.15) is 5.00 Å². The van der Waals surface area contributed by atoms with E-state index in [1.54, 1.807) is 6.92 Å². The van der Waals surface area contributed by atoms with E-state index in [0.29, 0.717) is 16.1 Å². The molecule has 2 saturated heterocycles. The first kappa shape index (κ1) is 29.5. The number of carbonyl (C=O) groups is 3. The van der Waals surface area contributed by atoms with Gasteiger partial charge in [-0.3, -0.25) is 9.59 Å². The van der Waals surface area contributed by atoms with Gasteiger partial charge in [0.2, 0.25) is 10.0 Å². The molecule has 41 heavy (non-hydrogen) atoms. The standard InChI is InChI=1S/C28H37N5O6S2/c1-3-39-28(36)32-15-17-33(18-16-32)41(37,38)21-9-7-20(8-10-21)25(34)29-26-24(27(35)31-12-5-4-6-13-31)22-11-14-30(2)19-23(22)40-26/h7-10H,3-6,11-19H2,1-2H3,(H,29,34). The quantitative estimate of drug-likeness (QED) is 0.539. The third kappa shape index (κ3) is 6.27. The van der Waals surface area contributed by atoms with Crippen molar-refractivity contribution in [2.24, 2.45) is 0 Å². The molecule has 5 rings (SSSR count). The van der Waals surface area contributed by atoms with Crippen LogP contribution in [0, 0.1) is 0 Å². The number of hydrogen-bond acceptors (Lipinski definition) is 8. The van der Waals surface area contributed by atoms with Crippen LogP contribution in [0.4, 0.5) is 9.80 Å². The number of benzene rings is 1. The van der Waals surface area contributed by atoms with Crippen LogP contribution in [-0.4, -0.2) is 105 Å². The summed E-state index contributed by atoms with van der Waals surface area (Å²) in [4.78, 5) is 45.6. The molecule has 11 nitrogen and oxygen atoms in total. The highest BCUT2D eigenvalue weighted by molar-refractivity contribution is 7.89. The summed E-state index contributed by atoms with van der Waals surface area (Å²) < 4.78 is 32.8. The summed E-state index contributed by atoms with van der Waals surface area (Å²) in [6.45, 7) is 5.85. The largest absolute Gasteiger partial charge is 0.450 e. The molecule has 0 radical (unpaired) electrons. The van der Waals surface area contributed by atoms with Crippen LogP contribution in [0.25, 0.3) is 0 Å². The Morgan fingerprint density at radius 3 is 2.27 bits per heavy atom. The van der Waals surface area contributed by atoms with Gasteiger partial charge in [-0.2, -0.15) is 4.31 Å². The zero-order valence-corrected chi connectivity index (χ0v) is 25.2. The van der Waals surface area contributed by atoms with Crippen LogP contribution in [0.3, 0.4) is 0 Å². The number of rotatable bonds is 6. The van der Waals surface area contributed by atoms with E-state index >= 15 is 0 Å². The van der Waals surface area contributed by atoms with Crippen LogP contribution in [0.2, 0.25) is 0 Å². The topological polar surface area (TPSA) is 120 Å². The highest BCUT2D eigenvalue weighted by atomic mass is 32.2. The number of piperazine rings is 1. The normalized spacial score (nSPS) is 18.6. The van der Waals surface area contributed by atoms with Crippen molar-refractivity contribution in [3.8, 4) is 0 Å². The van der Waals surface area contributed by atoms with Gasteiger partial charge < -0.3 is 24.8 Å². The van der Waals surface area contributed by atoms with Gasteiger partial charge >= 0.3 is 6.09 Å². The number of carbonyl (C=O) groups excluding carboxylic acids is 3. The number of sulfonamides is 1. The molecule has 0 aliphatic carbocycles. The molecule has 3 aliphatic heterocycles. The van der Waals surface area contributed by atoms with Crippen molar-refractivity contribution in [2.45, 2.75) is 44.0 Å². The van der Waals surface area contributed by atoms with Crippen LogP contribution in [0.1, 0.15) is 57.3 Å². The lowest BCUT2D eigenvalue weighted by Gasteiger charge is -2.33. The Kier molecular flexibility index (Phi) is 8.97. The van der Waals surface area contributed by atoms with Gasteiger partial charge in [0, 0.05) is 62.8 Å². The lowest BCUT2D eigenvalue weighted by molar-refractivity contribution is 0.0724. The molecule has 0 bridgehead atoms. The third-order valence-corrected chi connectivity index (χ3v) is 10.9. The third-order valence-electron chi connectivity index (χ3n) is 7.85. The van der Waals surface area contributed by atoms with Crippen LogP contribution < -0.4 is 5.32 Å². The zero-order valence-electron chi connectivity index (χ0n) is 23.6. The number of thiophene rings is 1. The Balaban J connectivity index is 1.30.